The molecule has 28 heavy (non-hydrogen) atoms. The molecule has 1 atom stereocenters. The van der Waals surface area contributed by atoms with Crippen molar-refractivity contribution in [3.05, 3.63) is 29.0 Å². The number of carbonyl (C=O) groups excluding carboxylic acids is 2. The summed E-state index contributed by atoms with van der Waals surface area (Å²) in [4.78, 5) is 24.8. The van der Waals surface area contributed by atoms with E-state index >= 15 is 0 Å². The maximum Gasteiger partial charge on any atom is 0.258 e. The van der Waals surface area contributed by atoms with Crippen LogP contribution in [0, 0.1) is 11.7 Å². The van der Waals surface area contributed by atoms with Crippen LogP contribution < -0.4 is 20.7 Å². The Morgan fingerprint density at radius 1 is 1.25 bits per heavy atom. The van der Waals surface area contributed by atoms with Gasteiger partial charge in [0.05, 0.1) is 10.9 Å². The molecular formula is C20H25ClFN3O3. The SMILES string of the molecule is O=C(COc1ccc(Cl)c(F)c1)NC12CCC(NC(=O)C3CCCNC3)(C1)C2. The fourth-order valence-corrected chi connectivity index (χ4v) is 4.98. The zero-order chi connectivity index (χ0) is 19.8. The lowest BCUT2D eigenvalue weighted by Gasteiger charge is -2.48. The highest BCUT2D eigenvalue weighted by atomic mass is 35.5. The molecule has 0 spiro atoms. The van der Waals surface area contributed by atoms with Crippen LogP contribution in [-0.4, -0.2) is 42.6 Å². The molecule has 3 N–H and O–H groups in total. The van der Waals surface area contributed by atoms with E-state index in [1.807, 2.05) is 0 Å². The van der Waals surface area contributed by atoms with Crippen LogP contribution in [0.2, 0.25) is 5.02 Å². The van der Waals surface area contributed by atoms with Crippen molar-refractivity contribution >= 4 is 23.4 Å². The second-order valence-electron chi connectivity index (χ2n) is 8.36. The Kier molecular flexibility index (Phi) is 5.22. The van der Waals surface area contributed by atoms with Crippen molar-refractivity contribution in [3.8, 4) is 5.75 Å². The molecule has 1 saturated heterocycles. The Labute approximate surface area is 168 Å². The van der Waals surface area contributed by atoms with Crippen LogP contribution in [-0.2, 0) is 9.59 Å². The maximum absolute atomic E-state index is 13.4. The van der Waals surface area contributed by atoms with Crippen molar-refractivity contribution in [3.63, 3.8) is 0 Å². The minimum atomic E-state index is -0.582. The molecule has 4 fully saturated rings. The molecule has 2 bridgehead atoms. The summed E-state index contributed by atoms with van der Waals surface area (Å²) in [6.45, 7) is 1.54. The molecule has 1 aliphatic heterocycles. The highest BCUT2D eigenvalue weighted by Crippen LogP contribution is 2.55. The lowest BCUT2D eigenvalue weighted by Crippen LogP contribution is -2.65. The van der Waals surface area contributed by atoms with Gasteiger partial charge in [0.25, 0.3) is 5.91 Å². The average Bonchev–Trinajstić information content (AvgIpc) is 3.18. The van der Waals surface area contributed by atoms with Crippen molar-refractivity contribution in [2.24, 2.45) is 5.92 Å². The summed E-state index contributed by atoms with van der Waals surface area (Å²) >= 11 is 5.64. The summed E-state index contributed by atoms with van der Waals surface area (Å²) in [6.07, 6.45) is 5.20. The van der Waals surface area contributed by atoms with Crippen LogP contribution in [0.4, 0.5) is 4.39 Å². The predicted octanol–water partition coefficient (Wildman–Crippen LogP) is 2.16. The molecule has 1 aromatic rings. The zero-order valence-corrected chi connectivity index (χ0v) is 16.4. The van der Waals surface area contributed by atoms with Gasteiger partial charge in [-0.05, 0) is 57.2 Å². The van der Waals surface area contributed by atoms with Gasteiger partial charge in [0, 0.05) is 23.7 Å². The van der Waals surface area contributed by atoms with Gasteiger partial charge in [0.15, 0.2) is 6.61 Å². The molecule has 4 aliphatic rings. The van der Waals surface area contributed by atoms with Crippen LogP contribution in [0.3, 0.4) is 0 Å². The first-order valence-electron chi connectivity index (χ1n) is 9.80. The predicted molar refractivity (Wildman–Crippen MR) is 103 cm³/mol. The van der Waals surface area contributed by atoms with Gasteiger partial charge in [0.1, 0.15) is 11.6 Å². The quantitative estimate of drug-likeness (QED) is 0.672. The Bertz CT molecular complexity index is 776. The molecule has 3 saturated carbocycles. The monoisotopic (exact) mass is 409 g/mol. The summed E-state index contributed by atoms with van der Waals surface area (Å²) in [5.74, 6) is -0.392. The molecule has 3 aliphatic carbocycles. The number of carbonyl (C=O) groups is 2. The lowest BCUT2D eigenvalue weighted by atomic mass is 9.70. The summed E-state index contributed by atoms with van der Waals surface area (Å²) in [5, 5.41) is 9.57. The molecule has 1 aromatic carbocycles. The van der Waals surface area contributed by atoms with Gasteiger partial charge >= 0.3 is 0 Å². The first kappa shape index (κ1) is 19.5. The highest BCUT2D eigenvalue weighted by molar-refractivity contribution is 6.30. The molecular weight excluding hydrogens is 385 g/mol. The topological polar surface area (TPSA) is 79.5 Å². The number of rotatable bonds is 6. The van der Waals surface area contributed by atoms with Crippen LogP contribution in [0.25, 0.3) is 0 Å². The minimum Gasteiger partial charge on any atom is -0.484 e. The fraction of sp³-hybridized carbons (Fsp3) is 0.600. The Balaban J connectivity index is 1.24. The largest absolute Gasteiger partial charge is 0.484 e. The van der Waals surface area contributed by atoms with E-state index in [0.29, 0.717) is 0 Å². The third kappa shape index (κ3) is 3.96. The van der Waals surface area contributed by atoms with Gasteiger partial charge < -0.3 is 20.7 Å². The van der Waals surface area contributed by atoms with Gasteiger partial charge in [-0.1, -0.05) is 11.6 Å². The third-order valence-corrected chi connectivity index (χ3v) is 6.46. The van der Waals surface area contributed by atoms with E-state index in [2.05, 4.69) is 16.0 Å². The van der Waals surface area contributed by atoms with E-state index in [1.165, 1.54) is 12.1 Å². The number of hydrogen-bond donors (Lipinski definition) is 3. The standard InChI is InChI=1S/C20H25ClFN3O3/c21-15-4-3-14(8-16(15)22)28-10-17(26)24-19-5-6-20(11-19,12-19)25-18(27)13-2-1-7-23-9-13/h3-4,8,13,23H,1-2,5-7,9-12H2,(H,24,26)(H,25,27). The first-order chi connectivity index (χ1) is 13.4. The lowest BCUT2D eigenvalue weighted by molar-refractivity contribution is -0.129. The van der Waals surface area contributed by atoms with Crippen molar-refractivity contribution in [1.82, 2.24) is 16.0 Å². The Morgan fingerprint density at radius 2 is 2.00 bits per heavy atom. The maximum atomic E-state index is 13.4. The number of halogens is 2. The van der Waals surface area contributed by atoms with Crippen LogP contribution in [0.15, 0.2) is 18.2 Å². The van der Waals surface area contributed by atoms with Crippen molar-refractivity contribution in [2.75, 3.05) is 19.7 Å². The van der Waals surface area contributed by atoms with Crippen LogP contribution >= 0.6 is 11.6 Å². The number of fused-ring (bicyclic) bond motifs is 1. The Morgan fingerprint density at radius 3 is 2.68 bits per heavy atom. The van der Waals surface area contributed by atoms with Gasteiger partial charge in [-0.3, -0.25) is 9.59 Å². The smallest absolute Gasteiger partial charge is 0.258 e. The molecule has 0 aromatic heterocycles. The molecule has 5 rings (SSSR count). The number of nitrogens with one attached hydrogen (secondary N) is 3. The zero-order valence-electron chi connectivity index (χ0n) is 15.7. The average molecular weight is 410 g/mol. The van der Waals surface area contributed by atoms with Gasteiger partial charge in [-0.15, -0.1) is 0 Å². The van der Waals surface area contributed by atoms with Gasteiger partial charge in [-0.2, -0.15) is 0 Å². The third-order valence-electron chi connectivity index (χ3n) is 6.16. The van der Waals surface area contributed by atoms with E-state index < -0.39 is 5.82 Å². The molecule has 2 amide bonds. The second-order valence-corrected chi connectivity index (χ2v) is 8.77. The molecule has 1 unspecified atom stereocenters. The second kappa shape index (κ2) is 7.52. The summed E-state index contributed by atoms with van der Waals surface area (Å²) in [7, 11) is 0. The van der Waals surface area contributed by atoms with E-state index in [9.17, 15) is 14.0 Å². The van der Waals surface area contributed by atoms with E-state index in [-0.39, 0.29) is 46.2 Å². The summed E-state index contributed by atoms with van der Waals surface area (Å²) in [6, 6.07) is 4.08. The molecule has 0 radical (unpaired) electrons. The van der Waals surface area contributed by atoms with E-state index in [0.717, 1.165) is 57.7 Å². The normalized spacial score (nSPS) is 31.0. The van der Waals surface area contributed by atoms with Crippen molar-refractivity contribution < 1.29 is 18.7 Å². The van der Waals surface area contributed by atoms with E-state index in [1.54, 1.807) is 0 Å². The van der Waals surface area contributed by atoms with Crippen molar-refractivity contribution in [1.29, 1.82) is 0 Å². The summed E-state index contributed by atoms with van der Waals surface area (Å²) < 4.78 is 18.8. The molecule has 152 valence electrons. The molecule has 1 heterocycles. The fourth-order valence-electron chi connectivity index (χ4n) is 4.86. The Hall–Kier alpha value is -1.86. The number of hydrogen-bond acceptors (Lipinski definition) is 4. The molecule has 8 heteroatoms. The van der Waals surface area contributed by atoms with Gasteiger partial charge in [-0.25, -0.2) is 4.39 Å². The summed E-state index contributed by atoms with van der Waals surface area (Å²) in [5.41, 5.74) is -0.439. The number of ether oxygens (including phenoxy) is 1. The number of piperidine rings is 1. The van der Waals surface area contributed by atoms with E-state index in [4.69, 9.17) is 16.3 Å². The molecule has 6 nitrogen and oxygen atoms in total. The highest BCUT2D eigenvalue weighted by Gasteiger charge is 2.62. The number of amides is 2. The van der Waals surface area contributed by atoms with Gasteiger partial charge in [0.2, 0.25) is 5.91 Å². The first-order valence-corrected chi connectivity index (χ1v) is 10.2. The number of benzene rings is 1. The van der Waals surface area contributed by atoms with Crippen LogP contribution in [0.1, 0.15) is 38.5 Å². The minimum absolute atomic E-state index is 0.0125. The van der Waals surface area contributed by atoms with Crippen LogP contribution in [0.5, 0.6) is 5.75 Å². The van der Waals surface area contributed by atoms with Crippen molar-refractivity contribution in [2.45, 2.75) is 49.6 Å².